The van der Waals surface area contributed by atoms with Crippen LogP contribution in [-0.2, 0) is 4.79 Å². The summed E-state index contributed by atoms with van der Waals surface area (Å²) >= 11 is 0. The number of hydrogen-bond acceptors (Lipinski definition) is 5. The van der Waals surface area contributed by atoms with Gasteiger partial charge in [-0.1, -0.05) is 12.2 Å². The van der Waals surface area contributed by atoms with Gasteiger partial charge in [-0.15, -0.1) is 0 Å². The molecule has 6 nitrogen and oxygen atoms in total. The van der Waals surface area contributed by atoms with Gasteiger partial charge in [-0.3, -0.25) is 10.2 Å². The monoisotopic (exact) mass is 492 g/mol. The number of fused-ring (bicyclic) bond motifs is 2. The van der Waals surface area contributed by atoms with E-state index in [1.807, 2.05) is 18.1 Å². The number of aliphatic carboxylic acids is 1. The molecular weight excluding hydrogens is 462 g/mol. The zero-order chi connectivity index (χ0) is 25.0. The van der Waals surface area contributed by atoms with E-state index in [4.69, 9.17) is 5.11 Å². The molecule has 0 amide bonds. The van der Waals surface area contributed by atoms with Gasteiger partial charge in [0, 0.05) is 61.1 Å². The van der Waals surface area contributed by atoms with E-state index in [2.05, 4.69) is 21.9 Å². The largest absolute Gasteiger partial charge is 0.481 e. The Morgan fingerprint density at radius 1 is 1.19 bits per heavy atom. The molecular formula is C28H30F2N4O2. The predicted octanol–water partition coefficient (Wildman–Crippen LogP) is 4.41. The fourth-order valence-corrected chi connectivity index (χ4v) is 6.52. The molecule has 1 unspecified atom stereocenters. The highest BCUT2D eigenvalue weighted by Crippen LogP contribution is 2.42. The first-order valence-corrected chi connectivity index (χ1v) is 12.7. The number of nitrogens with one attached hydrogen (secondary N) is 2. The van der Waals surface area contributed by atoms with Crippen LogP contribution in [0.15, 0.2) is 46.4 Å². The molecule has 0 saturated heterocycles. The molecule has 3 heterocycles. The van der Waals surface area contributed by atoms with Crippen molar-refractivity contribution in [1.82, 2.24) is 15.6 Å². The van der Waals surface area contributed by atoms with E-state index in [9.17, 15) is 9.18 Å². The zero-order valence-electron chi connectivity index (χ0n) is 20.3. The Labute approximate surface area is 209 Å². The minimum absolute atomic E-state index is 0.261. The van der Waals surface area contributed by atoms with Crippen molar-refractivity contribution < 1.29 is 18.7 Å². The first kappa shape index (κ1) is 23.2. The van der Waals surface area contributed by atoms with E-state index in [1.165, 1.54) is 11.6 Å². The molecule has 5 aliphatic rings. The van der Waals surface area contributed by atoms with E-state index in [1.54, 1.807) is 12.2 Å². The van der Waals surface area contributed by atoms with Crippen molar-refractivity contribution in [3.63, 3.8) is 0 Å². The Bertz CT molecular complexity index is 1280. The number of likely N-dealkylation sites (N-methyl/N-ethyl adjacent to an activating group) is 1. The molecule has 3 N–H and O–H groups in total. The van der Waals surface area contributed by atoms with Gasteiger partial charge in [-0.05, 0) is 67.2 Å². The third-order valence-electron chi connectivity index (χ3n) is 8.29. The first-order valence-electron chi connectivity index (χ1n) is 12.7. The van der Waals surface area contributed by atoms with Crippen LogP contribution >= 0.6 is 0 Å². The number of halogens is 2. The molecule has 36 heavy (non-hydrogen) atoms. The molecule has 0 bridgehead atoms. The van der Waals surface area contributed by atoms with Gasteiger partial charge in [0.2, 0.25) is 0 Å². The number of hydrogen-bond donors (Lipinski definition) is 3. The number of nitrogens with zero attached hydrogens (tertiary/aromatic N) is 2. The lowest BCUT2D eigenvalue weighted by Gasteiger charge is -2.38. The van der Waals surface area contributed by atoms with Gasteiger partial charge in [0.15, 0.2) is 11.6 Å². The SMILES string of the molecule is CN1C=C2C(=C(C3=CCNC(C4CCC(CC(=O)O)CC4)C3)C1)NN=C1C=Cc3cc(F)c(F)c2c31. The lowest BCUT2D eigenvalue weighted by Crippen LogP contribution is -2.42. The Hall–Kier alpha value is -3.26. The summed E-state index contributed by atoms with van der Waals surface area (Å²) in [5, 5.41) is 17.4. The number of rotatable bonds is 4. The van der Waals surface area contributed by atoms with Crippen LogP contribution in [0, 0.1) is 23.5 Å². The van der Waals surface area contributed by atoms with E-state index in [0.717, 1.165) is 49.9 Å². The maximum atomic E-state index is 15.3. The standard InChI is InChI=1S/C28H30F2N4O2/c1-34-13-19(17-8-9-31-23(12-17)16-4-2-15(3-5-16)10-24(35)36)28-20(14-34)26-25-18(11-21(29)27(26)30)6-7-22(25)32-33-28/h6-8,11,14-16,23,31,33H,2-5,9-10,12-13H2,1H3,(H,35,36). The van der Waals surface area contributed by atoms with Crippen LogP contribution in [0.3, 0.4) is 0 Å². The number of benzene rings is 1. The molecule has 1 aromatic carbocycles. The second-order valence-electron chi connectivity index (χ2n) is 10.6. The average Bonchev–Trinajstić information content (AvgIpc) is 3.17. The number of hydrazone groups is 1. The van der Waals surface area contributed by atoms with Gasteiger partial charge >= 0.3 is 5.97 Å². The molecule has 1 atom stereocenters. The number of carboxylic acids is 1. The van der Waals surface area contributed by atoms with E-state index in [0.29, 0.717) is 40.9 Å². The highest BCUT2D eigenvalue weighted by Gasteiger charge is 2.35. The normalized spacial score (nSPS) is 26.9. The van der Waals surface area contributed by atoms with Crippen LogP contribution in [0.1, 0.15) is 55.2 Å². The summed E-state index contributed by atoms with van der Waals surface area (Å²) < 4.78 is 29.9. The third-order valence-corrected chi connectivity index (χ3v) is 8.29. The molecule has 1 fully saturated rings. The smallest absolute Gasteiger partial charge is 0.303 e. The van der Waals surface area contributed by atoms with Gasteiger partial charge in [-0.25, -0.2) is 8.78 Å². The Morgan fingerprint density at radius 3 is 2.78 bits per heavy atom. The van der Waals surface area contributed by atoms with Crippen LogP contribution in [0.4, 0.5) is 8.78 Å². The Kier molecular flexibility index (Phi) is 5.79. The van der Waals surface area contributed by atoms with Crippen molar-refractivity contribution in [2.45, 2.75) is 44.6 Å². The maximum absolute atomic E-state index is 15.3. The van der Waals surface area contributed by atoms with Crippen LogP contribution in [0.5, 0.6) is 0 Å². The summed E-state index contributed by atoms with van der Waals surface area (Å²) in [7, 11) is 1.95. The second-order valence-corrected chi connectivity index (χ2v) is 10.6. The Morgan fingerprint density at radius 2 is 2.00 bits per heavy atom. The van der Waals surface area contributed by atoms with E-state index < -0.39 is 17.6 Å². The first-order chi connectivity index (χ1) is 17.4. The van der Waals surface area contributed by atoms with Gasteiger partial charge in [-0.2, -0.15) is 5.10 Å². The minimum Gasteiger partial charge on any atom is -0.481 e. The topological polar surface area (TPSA) is 77.0 Å². The lowest BCUT2D eigenvalue weighted by molar-refractivity contribution is -0.138. The zero-order valence-corrected chi connectivity index (χ0v) is 20.3. The summed E-state index contributed by atoms with van der Waals surface area (Å²) in [6.07, 6.45) is 12.7. The summed E-state index contributed by atoms with van der Waals surface area (Å²) in [6, 6.07) is 1.55. The summed E-state index contributed by atoms with van der Waals surface area (Å²) in [6.45, 7) is 1.39. The quantitative estimate of drug-likeness (QED) is 0.581. The molecule has 188 valence electrons. The van der Waals surface area contributed by atoms with Crippen LogP contribution in [0.25, 0.3) is 11.6 Å². The summed E-state index contributed by atoms with van der Waals surface area (Å²) in [5.74, 6) is -1.64. The minimum atomic E-state index is -0.855. The third kappa shape index (κ3) is 3.97. The fraction of sp³-hybridized carbons (Fsp3) is 0.429. The Balaban J connectivity index is 1.31. The molecule has 0 radical (unpaired) electrons. The van der Waals surface area contributed by atoms with Gasteiger partial charge in [0.25, 0.3) is 0 Å². The lowest BCUT2D eigenvalue weighted by atomic mass is 9.74. The fourth-order valence-electron chi connectivity index (χ4n) is 6.52. The van der Waals surface area contributed by atoms with Crippen molar-refractivity contribution in [3.8, 4) is 0 Å². The average molecular weight is 493 g/mol. The highest BCUT2D eigenvalue weighted by atomic mass is 19.2. The van der Waals surface area contributed by atoms with Crippen molar-refractivity contribution in [2.75, 3.05) is 20.1 Å². The highest BCUT2D eigenvalue weighted by molar-refractivity contribution is 6.20. The van der Waals surface area contributed by atoms with Gasteiger partial charge < -0.3 is 15.3 Å². The molecule has 6 rings (SSSR count). The maximum Gasteiger partial charge on any atom is 0.303 e. The number of allylic oxidation sites excluding steroid dienone is 2. The van der Waals surface area contributed by atoms with Gasteiger partial charge in [0.1, 0.15) is 0 Å². The molecule has 2 aliphatic carbocycles. The van der Waals surface area contributed by atoms with Crippen molar-refractivity contribution >= 4 is 23.3 Å². The molecule has 0 spiro atoms. The van der Waals surface area contributed by atoms with E-state index >= 15 is 4.39 Å². The summed E-state index contributed by atoms with van der Waals surface area (Å²) in [4.78, 5) is 13.1. The van der Waals surface area contributed by atoms with Crippen molar-refractivity contribution in [1.29, 1.82) is 0 Å². The van der Waals surface area contributed by atoms with Crippen LogP contribution < -0.4 is 10.7 Å². The number of carbonyl (C=O) groups is 1. The molecule has 3 aliphatic heterocycles. The second kappa shape index (κ2) is 9.00. The van der Waals surface area contributed by atoms with Crippen molar-refractivity contribution in [3.05, 3.63) is 69.6 Å². The van der Waals surface area contributed by atoms with Crippen molar-refractivity contribution in [2.24, 2.45) is 16.9 Å². The molecule has 1 aromatic rings. The molecule has 0 aromatic heterocycles. The van der Waals surface area contributed by atoms with Crippen LogP contribution in [-0.4, -0.2) is 47.9 Å². The van der Waals surface area contributed by atoms with Crippen LogP contribution in [0.2, 0.25) is 0 Å². The molecule has 8 heteroatoms. The molecule has 1 saturated carbocycles. The van der Waals surface area contributed by atoms with E-state index in [-0.39, 0.29) is 17.9 Å². The number of carboxylic acid groups (broad SMARTS) is 1. The predicted molar refractivity (Wildman–Crippen MR) is 135 cm³/mol. The summed E-state index contributed by atoms with van der Waals surface area (Å²) in [5.41, 5.74) is 8.99. The van der Waals surface area contributed by atoms with Gasteiger partial charge in [0.05, 0.1) is 11.4 Å².